The van der Waals surface area contributed by atoms with Crippen molar-refractivity contribution in [1.82, 2.24) is 14.8 Å². The molecule has 13 heteroatoms. The Bertz CT molecular complexity index is 1280. The molecule has 2 aromatic carbocycles. The van der Waals surface area contributed by atoms with E-state index in [-0.39, 0.29) is 29.5 Å². The van der Waals surface area contributed by atoms with Gasteiger partial charge in [-0.05, 0) is 36.4 Å². The van der Waals surface area contributed by atoms with Crippen LogP contribution in [-0.2, 0) is 28.4 Å². The number of para-hydroxylation sites is 1. The summed E-state index contributed by atoms with van der Waals surface area (Å²) in [6, 6.07) is 11.4. The van der Waals surface area contributed by atoms with Gasteiger partial charge in [-0.3, -0.25) is 13.9 Å². The fourth-order valence-electron chi connectivity index (χ4n) is 2.87. The predicted molar refractivity (Wildman–Crippen MR) is 123 cm³/mol. The van der Waals surface area contributed by atoms with E-state index in [1.54, 1.807) is 29.8 Å². The Kier molecular flexibility index (Phi) is 7.33. The Hall–Kier alpha value is -3.45. The van der Waals surface area contributed by atoms with Gasteiger partial charge in [-0.2, -0.15) is 0 Å². The summed E-state index contributed by atoms with van der Waals surface area (Å²) in [6.07, 6.45) is 1.04. The van der Waals surface area contributed by atoms with Crippen LogP contribution < -0.4 is 15.4 Å². The number of sulfonamides is 1. The second-order valence-electron chi connectivity index (χ2n) is 6.95. The first-order valence-electron chi connectivity index (χ1n) is 9.49. The van der Waals surface area contributed by atoms with E-state index in [2.05, 4.69) is 15.5 Å². The summed E-state index contributed by atoms with van der Waals surface area (Å²) in [6.45, 7) is -0.132. The monoisotopic (exact) mass is 492 g/mol. The Morgan fingerprint density at radius 3 is 2.45 bits per heavy atom. The molecule has 0 aliphatic rings. The number of hydrogen-bond acceptors (Lipinski definition) is 7. The zero-order chi connectivity index (χ0) is 24.2. The lowest BCUT2D eigenvalue weighted by molar-refractivity contribution is -0.113. The molecule has 0 atom stereocenters. The van der Waals surface area contributed by atoms with Crippen molar-refractivity contribution >= 4 is 45.0 Å². The van der Waals surface area contributed by atoms with Gasteiger partial charge in [-0.1, -0.05) is 23.9 Å². The number of primary amides is 1. The highest BCUT2D eigenvalue weighted by atomic mass is 32.2. The van der Waals surface area contributed by atoms with Gasteiger partial charge in [0.25, 0.3) is 5.91 Å². The Labute approximate surface area is 194 Å². The number of nitrogens with one attached hydrogen (secondary N) is 1. The van der Waals surface area contributed by atoms with Crippen molar-refractivity contribution in [2.75, 3.05) is 21.6 Å². The molecular weight excluding hydrogens is 471 g/mol. The van der Waals surface area contributed by atoms with Gasteiger partial charge in [-0.25, -0.2) is 12.8 Å². The summed E-state index contributed by atoms with van der Waals surface area (Å²) < 4.78 is 40.5. The van der Waals surface area contributed by atoms with Crippen molar-refractivity contribution in [3.8, 4) is 0 Å². The first-order valence-corrected chi connectivity index (χ1v) is 12.3. The van der Waals surface area contributed by atoms with Gasteiger partial charge >= 0.3 is 0 Å². The quantitative estimate of drug-likeness (QED) is 0.434. The molecule has 0 unspecified atom stereocenters. The van der Waals surface area contributed by atoms with Crippen molar-refractivity contribution < 1.29 is 22.4 Å². The average Bonchev–Trinajstić information content (AvgIpc) is 3.10. The number of carbonyl (C=O) groups excluding carboxylic acids is 2. The summed E-state index contributed by atoms with van der Waals surface area (Å²) in [5.41, 5.74) is 6.09. The first-order chi connectivity index (χ1) is 15.6. The maximum absolute atomic E-state index is 13.2. The molecule has 3 rings (SSSR count). The van der Waals surface area contributed by atoms with E-state index >= 15 is 0 Å². The molecule has 0 fully saturated rings. The molecule has 2 amide bonds. The van der Waals surface area contributed by atoms with Crippen molar-refractivity contribution in [3.63, 3.8) is 0 Å². The van der Waals surface area contributed by atoms with Gasteiger partial charge in [0.2, 0.25) is 15.9 Å². The van der Waals surface area contributed by atoms with Crippen LogP contribution in [0.4, 0.5) is 15.8 Å². The van der Waals surface area contributed by atoms with Crippen molar-refractivity contribution in [3.05, 3.63) is 65.7 Å². The summed E-state index contributed by atoms with van der Waals surface area (Å²) in [7, 11) is -2.04. The molecule has 10 nitrogen and oxygen atoms in total. The van der Waals surface area contributed by atoms with Crippen LogP contribution in [0.15, 0.2) is 53.7 Å². The molecule has 1 heterocycles. The van der Waals surface area contributed by atoms with E-state index in [1.807, 2.05) is 0 Å². The second kappa shape index (κ2) is 10.0. The van der Waals surface area contributed by atoms with Crippen LogP contribution in [0.2, 0.25) is 0 Å². The molecule has 0 radical (unpaired) electrons. The van der Waals surface area contributed by atoms with Crippen LogP contribution in [-0.4, -0.2) is 47.0 Å². The Balaban J connectivity index is 1.70. The Morgan fingerprint density at radius 1 is 1.15 bits per heavy atom. The number of anilines is 2. The van der Waals surface area contributed by atoms with E-state index in [4.69, 9.17) is 5.73 Å². The molecule has 0 aliphatic carbocycles. The van der Waals surface area contributed by atoms with Crippen LogP contribution in [0, 0.1) is 5.82 Å². The van der Waals surface area contributed by atoms with Crippen molar-refractivity contribution in [2.45, 2.75) is 11.7 Å². The third-order valence-corrected chi connectivity index (χ3v) is 6.68. The van der Waals surface area contributed by atoms with Gasteiger partial charge in [0.1, 0.15) is 5.82 Å². The standard InChI is InChI=1S/C20H21FN6O4S2/c1-26-17(11-27(33(2,30)31)14-9-7-13(21)8-10-14)24-25-20(26)32-12-18(28)23-16-6-4-3-5-15(16)19(22)29/h3-10H,11-12H2,1-2H3,(H2,22,29)(H,23,28). The minimum atomic E-state index is -3.69. The minimum absolute atomic E-state index is 0.0349. The van der Waals surface area contributed by atoms with Crippen LogP contribution in [0.5, 0.6) is 0 Å². The zero-order valence-corrected chi connectivity index (χ0v) is 19.4. The number of rotatable bonds is 9. The maximum Gasteiger partial charge on any atom is 0.250 e. The fourth-order valence-corrected chi connectivity index (χ4v) is 4.45. The predicted octanol–water partition coefficient (Wildman–Crippen LogP) is 1.75. The second-order valence-corrected chi connectivity index (χ2v) is 9.80. The first kappa shape index (κ1) is 24.2. The molecule has 33 heavy (non-hydrogen) atoms. The van der Waals surface area contributed by atoms with Gasteiger partial charge in [-0.15, -0.1) is 10.2 Å². The van der Waals surface area contributed by atoms with E-state index in [9.17, 15) is 22.4 Å². The molecular formula is C20H21FN6O4S2. The summed E-state index contributed by atoms with van der Waals surface area (Å²) in [5.74, 6) is -1.24. The van der Waals surface area contributed by atoms with E-state index < -0.39 is 21.7 Å². The van der Waals surface area contributed by atoms with E-state index in [0.29, 0.717) is 16.7 Å². The Morgan fingerprint density at radius 2 is 1.82 bits per heavy atom. The number of aromatic nitrogens is 3. The summed E-state index contributed by atoms with van der Waals surface area (Å²) in [5, 5.41) is 11.1. The highest BCUT2D eigenvalue weighted by molar-refractivity contribution is 7.99. The highest BCUT2D eigenvalue weighted by Gasteiger charge is 2.22. The lowest BCUT2D eigenvalue weighted by Gasteiger charge is -2.21. The van der Waals surface area contributed by atoms with Crippen LogP contribution >= 0.6 is 11.8 Å². The van der Waals surface area contributed by atoms with Crippen LogP contribution in [0.1, 0.15) is 16.2 Å². The van der Waals surface area contributed by atoms with E-state index in [1.165, 1.54) is 30.3 Å². The number of halogens is 1. The summed E-state index contributed by atoms with van der Waals surface area (Å²) >= 11 is 1.09. The summed E-state index contributed by atoms with van der Waals surface area (Å²) in [4.78, 5) is 23.8. The molecule has 3 N–H and O–H groups in total. The fraction of sp³-hybridized carbons (Fsp3) is 0.200. The number of benzene rings is 2. The molecule has 0 aliphatic heterocycles. The van der Waals surface area contributed by atoms with Crippen molar-refractivity contribution in [2.24, 2.45) is 12.8 Å². The normalized spacial score (nSPS) is 11.2. The zero-order valence-electron chi connectivity index (χ0n) is 17.7. The van der Waals surface area contributed by atoms with Crippen LogP contribution in [0.3, 0.4) is 0 Å². The molecule has 3 aromatic rings. The smallest absolute Gasteiger partial charge is 0.250 e. The molecule has 0 bridgehead atoms. The lowest BCUT2D eigenvalue weighted by atomic mass is 10.1. The largest absolute Gasteiger partial charge is 0.366 e. The lowest BCUT2D eigenvalue weighted by Crippen LogP contribution is -2.30. The maximum atomic E-state index is 13.2. The number of hydrogen-bond donors (Lipinski definition) is 2. The van der Waals surface area contributed by atoms with Gasteiger partial charge in [0.05, 0.1) is 35.5 Å². The molecule has 0 saturated carbocycles. The minimum Gasteiger partial charge on any atom is -0.366 e. The topological polar surface area (TPSA) is 140 Å². The number of thioether (sulfide) groups is 1. The third-order valence-electron chi connectivity index (χ3n) is 4.52. The SMILES string of the molecule is Cn1c(CN(c2ccc(F)cc2)S(C)(=O)=O)nnc1SCC(=O)Nc1ccccc1C(N)=O. The highest BCUT2D eigenvalue weighted by Crippen LogP contribution is 2.23. The van der Waals surface area contributed by atoms with Crippen LogP contribution in [0.25, 0.3) is 0 Å². The molecule has 174 valence electrons. The molecule has 1 aromatic heterocycles. The van der Waals surface area contributed by atoms with Crippen molar-refractivity contribution in [1.29, 1.82) is 0 Å². The molecule has 0 saturated heterocycles. The van der Waals surface area contributed by atoms with E-state index in [0.717, 1.165) is 22.3 Å². The molecule has 0 spiro atoms. The average molecular weight is 493 g/mol. The number of amides is 2. The number of nitrogens with two attached hydrogens (primary N) is 1. The third kappa shape index (κ3) is 6.08. The van der Waals surface area contributed by atoms with Gasteiger partial charge in [0, 0.05) is 7.05 Å². The van der Waals surface area contributed by atoms with Gasteiger partial charge < -0.3 is 15.6 Å². The number of carbonyl (C=O) groups is 2. The van der Waals surface area contributed by atoms with Gasteiger partial charge in [0.15, 0.2) is 11.0 Å². The number of nitrogens with zero attached hydrogens (tertiary/aromatic N) is 4.